The number of hydrogen-bond acceptors (Lipinski definition) is 6. The molecule has 1 amide bonds. The Bertz CT molecular complexity index is 1610. The SMILES string of the molecule is COc1cc(Cl)cc(C=Nn2c(C3CCCCC3)nc3ccccc3c2=O)c1OCC(=O)Nc1ccc(Cl)cc1. The molecule has 0 aliphatic heterocycles. The third-order valence-corrected chi connectivity index (χ3v) is 7.28. The van der Waals surface area contributed by atoms with Gasteiger partial charge in [0.1, 0.15) is 5.82 Å². The lowest BCUT2D eigenvalue weighted by atomic mass is 9.88. The van der Waals surface area contributed by atoms with Crippen LogP contribution in [0, 0.1) is 0 Å². The number of rotatable bonds is 8. The number of hydrogen-bond donors (Lipinski definition) is 1. The van der Waals surface area contributed by atoms with Gasteiger partial charge in [-0.2, -0.15) is 9.78 Å². The molecule has 10 heteroatoms. The minimum absolute atomic E-state index is 0.129. The highest BCUT2D eigenvalue weighted by molar-refractivity contribution is 6.31. The number of aromatic nitrogens is 2. The monoisotopic (exact) mass is 578 g/mol. The number of benzene rings is 3. The fourth-order valence-corrected chi connectivity index (χ4v) is 5.20. The third-order valence-electron chi connectivity index (χ3n) is 6.81. The van der Waals surface area contributed by atoms with E-state index in [1.807, 2.05) is 18.2 Å². The Hall–Kier alpha value is -3.88. The molecule has 0 saturated heterocycles. The number of ether oxygens (including phenoxy) is 2. The van der Waals surface area contributed by atoms with Gasteiger partial charge in [0.05, 0.1) is 24.2 Å². The van der Waals surface area contributed by atoms with Crippen molar-refractivity contribution >= 4 is 51.9 Å². The molecule has 0 unspecified atom stereocenters. The molecule has 1 heterocycles. The van der Waals surface area contributed by atoms with Gasteiger partial charge in [-0.15, -0.1) is 0 Å². The van der Waals surface area contributed by atoms with Gasteiger partial charge < -0.3 is 14.8 Å². The molecule has 8 nitrogen and oxygen atoms in total. The van der Waals surface area contributed by atoms with Crippen LogP contribution in [-0.4, -0.2) is 35.5 Å². The molecule has 1 saturated carbocycles. The number of nitrogens with zero attached hydrogens (tertiary/aromatic N) is 3. The number of carbonyl (C=O) groups excluding carboxylic acids is 1. The summed E-state index contributed by atoms with van der Waals surface area (Å²) in [6, 6.07) is 17.3. The van der Waals surface area contributed by atoms with Crippen LogP contribution in [0.15, 0.2) is 70.6 Å². The van der Waals surface area contributed by atoms with Gasteiger partial charge in [0.15, 0.2) is 18.1 Å². The smallest absolute Gasteiger partial charge is 0.282 e. The van der Waals surface area contributed by atoms with Gasteiger partial charge in [-0.1, -0.05) is 54.6 Å². The van der Waals surface area contributed by atoms with Gasteiger partial charge in [0.25, 0.3) is 11.5 Å². The maximum atomic E-state index is 13.6. The van der Waals surface area contributed by atoms with Crippen molar-refractivity contribution in [1.82, 2.24) is 9.66 Å². The molecular weight excluding hydrogens is 551 g/mol. The second-order valence-electron chi connectivity index (χ2n) is 9.55. The van der Waals surface area contributed by atoms with Crippen LogP contribution in [-0.2, 0) is 4.79 Å². The summed E-state index contributed by atoms with van der Waals surface area (Å²) in [4.78, 5) is 31.0. The Morgan fingerprint density at radius 2 is 1.82 bits per heavy atom. The Labute approximate surface area is 241 Å². The van der Waals surface area contributed by atoms with E-state index in [1.54, 1.807) is 42.5 Å². The summed E-state index contributed by atoms with van der Waals surface area (Å²) in [6.45, 7) is -0.299. The van der Waals surface area contributed by atoms with E-state index in [-0.39, 0.29) is 29.7 Å². The van der Waals surface area contributed by atoms with Crippen molar-refractivity contribution < 1.29 is 14.3 Å². The number of nitrogens with one attached hydrogen (secondary N) is 1. The van der Waals surface area contributed by atoms with Gasteiger partial charge in [-0.3, -0.25) is 9.59 Å². The molecule has 1 aliphatic rings. The van der Waals surface area contributed by atoms with Crippen LogP contribution in [0.5, 0.6) is 11.5 Å². The molecule has 0 bridgehead atoms. The molecule has 1 N–H and O–H groups in total. The molecule has 40 heavy (non-hydrogen) atoms. The van der Waals surface area contributed by atoms with E-state index in [4.69, 9.17) is 37.7 Å². The van der Waals surface area contributed by atoms with Crippen molar-refractivity contribution in [2.24, 2.45) is 5.10 Å². The van der Waals surface area contributed by atoms with Crippen LogP contribution in [0.25, 0.3) is 10.9 Å². The topological polar surface area (TPSA) is 94.8 Å². The zero-order valence-corrected chi connectivity index (χ0v) is 23.4. The fraction of sp³-hybridized carbons (Fsp3) is 0.267. The largest absolute Gasteiger partial charge is 0.493 e. The number of amides is 1. The van der Waals surface area contributed by atoms with Crippen molar-refractivity contribution in [3.63, 3.8) is 0 Å². The average molecular weight is 579 g/mol. The highest BCUT2D eigenvalue weighted by atomic mass is 35.5. The third kappa shape index (κ3) is 6.29. The van der Waals surface area contributed by atoms with Crippen molar-refractivity contribution in [3.05, 3.63) is 92.5 Å². The second kappa shape index (κ2) is 12.5. The number of halogens is 2. The predicted octanol–water partition coefficient (Wildman–Crippen LogP) is 6.66. The molecule has 0 spiro atoms. The molecular formula is C30H28Cl2N4O4. The van der Waals surface area contributed by atoms with E-state index >= 15 is 0 Å². The Morgan fingerprint density at radius 3 is 2.58 bits per heavy atom. The first-order valence-corrected chi connectivity index (χ1v) is 13.8. The van der Waals surface area contributed by atoms with E-state index in [0.29, 0.717) is 43.8 Å². The van der Waals surface area contributed by atoms with Crippen molar-refractivity contribution in [1.29, 1.82) is 0 Å². The normalized spacial score (nSPS) is 14.0. The highest BCUT2D eigenvalue weighted by Crippen LogP contribution is 2.35. The molecule has 1 aliphatic carbocycles. The van der Waals surface area contributed by atoms with Crippen LogP contribution >= 0.6 is 23.2 Å². The molecule has 1 aromatic heterocycles. The summed E-state index contributed by atoms with van der Waals surface area (Å²) >= 11 is 12.3. The first-order valence-electron chi connectivity index (χ1n) is 13.0. The number of carbonyl (C=O) groups is 1. The molecule has 4 aromatic rings. The van der Waals surface area contributed by atoms with E-state index < -0.39 is 0 Å². The summed E-state index contributed by atoms with van der Waals surface area (Å²) in [5.74, 6) is 0.979. The van der Waals surface area contributed by atoms with Crippen molar-refractivity contribution in [2.75, 3.05) is 19.0 Å². The van der Waals surface area contributed by atoms with Crippen LogP contribution in [0.3, 0.4) is 0 Å². The van der Waals surface area contributed by atoms with Crippen LogP contribution in [0.4, 0.5) is 5.69 Å². The van der Waals surface area contributed by atoms with Gasteiger partial charge >= 0.3 is 0 Å². The van der Waals surface area contributed by atoms with Gasteiger partial charge in [0, 0.05) is 33.3 Å². The Kier molecular flexibility index (Phi) is 8.67. The summed E-state index contributed by atoms with van der Waals surface area (Å²) in [5.41, 5.74) is 1.43. The molecule has 0 atom stereocenters. The first-order chi connectivity index (χ1) is 19.4. The summed E-state index contributed by atoms with van der Waals surface area (Å²) in [6.07, 6.45) is 6.72. The lowest BCUT2D eigenvalue weighted by Crippen LogP contribution is -2.25. The number of para-hydroxylation sites is 1. The standard InChI is InChI=1S/C30H28Cl2N4O4/c1-39-26-16-22(32)15-20(28(26)40-18-27(37)34-23-13-11-21(31)12-14-23)17-33-36-29(19-7-3-2-4-8-19)35-25-10-6-5-9-24(25)30(36)38/h5-6,9-17,19H,2-4,7-8,18H2,1H3,(H,34,37). The molecule has 206 valence electrons. The molecule has 5 rings (SSSR count). The second-order valence-corrected chi connectivity index (χ2v) is 10.4. The van der Waals surface area contributed by atoms with E-state index in [2.05, 4.69) is 10.4 Å². The van der Waals surface area contributed by atoms with E-state index in [0.717, 1.165) is 25.7 Å². The molecule has 1 fully saturated rings. The lowest BCUT2D eigenvalue weighted by Gasteiger charge is -2.22. The lowest BCUT2D eigenvalue weighted by molar-refractivity contribution is -0.118. The summed E-state index contributed by atoms with van der Waals surface area (Å²) < 4.78 is 12.8. The van der Waals surface area contributed by atoms with Crippen molar-refractivity contribution in [2.45, 2.75) is 38.0 Å². The van der Waals surface area contributed by atoms with Gasteiger partial charge in [-0.25, -0.2) is 4.98 Å². The van der Waals surface area contributed by atoms with E-state index in [9.17, 15) is 9.59 Å². The summed E-state index contributed by atoms with van der Waals surface area (Å²) in [5, 5.41) is 8.78. The zero-order valence-electron chi connectivity index (χ0n) is 21.9. The quantitative estimate of drug-likeness (QED) is 0.236. The zero-order chi connectivity index (χ0) is 28.1. The fourth-order valence-electron chi connectivity index (χ4n) is 4.86. The summed E-state index contributed by atoms with van der Waals surface area (Å²) in [7, 11) is 1.48. The minimum Gasteiger partial charge on any atom is -0.493 e. The van der Waals surface area contributed by atoms with Crippen LogP contribution < -0.4 is 20.3 Å². The van der Waals surface area contributed by atoms with Crippen LogP contribution in [0.1, 0.15) is 49.4 Å². The molecule has 3 aromatic carbocycles. The van der Waals surface area contributed by atoms with Gasteiger partial charge in [-0.05, 0) is 55.3 Å². The van der Waals surface area contributed by atoms with E-state index in [1.165, 1.54) is 24.4 Å². The Morgan fingerprint density at radius 1 is 1.07 bits per heavy atom. The first kappa shape index (κ1) is 27.7. The molecule has 0 radical (unpaired) electrons. The van der Waals surface area contributed by atoms with Crippen LogP contribution in [0.2, 0.25) is 10.0 Å². The average Bonchev–Trinajstić information content (AvgIpc) is 2.97. The maximum Gasteiger partial charge on any atom is 0.282 e. The number of anilines is 1. The van der Waals surface area contributed by atoms with Gasteiger partial charge in [0.2, 0.25) is 0 Å². The highest BCUT2D eigenvalue weighted by Gasteiger charge is 2.23. The number of fused-ring (bicyclic) bond motifs is 1. The number of methoxy groups -OCH3 is 1. The predicted molar refractivity (Wildman–Crippen MR) is 158 cm³/mol. The van der Waals surface area contributed by atoms with Crippen molar-refractivity contribution in [3.8, 4) is 11.5 Å². The minimum atomic E-state index is -0.378. The maximum absolute atomic E-state index is 13.6. The Balaban J connectivity index is 1.48.